The Kier molecular flexibility index (Phi) is 2.79. The van der Waals surface area contributed by atoms with Gasteiger partial charge in [-0.3, -0.25) is 5.10 Å². The maximum Gasteiger partial charge on any atom is 0.251 e. The summed E-state index contributed by atoms with van der Waals surface area (Å²) >= 11 is 5.08. The highest BCUT2D eigenvalue weighted by Crippen LogP contribution is 2.03. The third kappa shape index (κ3) is 2.21. The van der Waals surface area contributed by atoms with Gasteiger partial charge in [-0.2, -0.15) is 4.98 Å². The van der Waals surface area contributed by atoms with E-state index in [0.29, 0.717) is 10.4 Å². The largest absolute Gasteiger partial charge is 0.309 e. The summed E-state index contributed by atoms with van der Waals surface area (Å²) in [5.41, 5.74) is 1.11. The second kappa shape index (κ2) is 4.08. The number of aromatic amines is 1. The molecule has 0 saturated carbocycles. The molecule has 0 bridgehead atoms. The quantitative estimate of drug-likeness (QED) is 0.785. The van der Waals surface area contributed by atoms with E-state index >= 15 is 0 Å². The molecule has 0 spiro atoms. The highest BCUT2D eigenvalue weighted by molar-refractivity contribution is 7.71. The van der Waals surface area contributed by atoms with Crippen LogP contribution in [0.2, 0.25) is 0 Å². The van der Waals surface area contributed by atoms with E-state index in [9.17, 15) is 0 Å². The molecular formula is C9H13N5S. The lowest BCUT2D eigenvalue weighted by molar-refractivity contribution is 0.410. The number of fused-ring (bicyclic) bond motifs is 1. The molecule has 1 N–H and O–H groups in total. The van der Waals surface area contributed by atoms with E-state index in [1.807, 2.05) is 24.7 Å². The molecule has 2 heterocycles. The van der Waals surface area contributed by atoms with Crippen molar-refractivity contribution in [3.8, 4) is 0 Å². The fourth-order valence-corrected chi connectivity index (χ4v) is 1.63. The molecule has 0 aliphatic heterocycles. The number of hydrogen-bond donors (Lipinski definition) is 1. The average molecular weight is 223 g/mol. The minimum absolute atomic E-state index is 0.593. The Balaban J connectivity index is 2.40. The molecular weight excluding hydrogens is 210 g/mol. The second-order valence-corrected chi connectivity index (χ2v) is 4.08. The molecule has 0 unspecified atom stereocenters. The Morgan fingerprint density at radius 2 is 2.33 bits per heavy atom. The molecule has 0 radical (unpaired) electrons. The molecule has 0 aromatic carbocycles. The number of likely N-dealkylation sites (N-methyl/N-ethyl adjacent to an activating group) is 1. The van der Waals surface area contributed by atoms with Crippen LogP contribution < -0.4 is 0 Å². The van der Waals surface area contributed by atoms with Crippen molar-refractivity contribution in [2.45, 2.75) is 6.42 Å². The fourth-order valence-electron chi connectivity index (χ4n) is 1.41. The molecule has 6 heteroatoms. The minimum atomic E-state index is 0.593. The van der Waals surface area contributed by atoms with Crippen molar-refractivity contribution in [1.82, 2.24) is 24.5 Å². The third-order valence-electron chi connectivity index (χ3n) is 2.17. The summed E-state index contributed by atoms with van der Waals surface area (Å²) in [7, 11) is 4.09. The van der Waals surface area contributed by atoms with Gasteiger partial charge in [0.2, 0.25) is 0 Å². The number of nitrogens with zero attached hydrogens (tertiary/aromatic N) is 4. The fraction of sp³-hybridized carbons (Fsp3) is 0.444. The molecule has 0 fully saturated rings. The maximum atomic E-state index is 5.08. The number of nitrogens with one attached hydrogen (secondary N) is 1. The van der Waals surface area contributed by atoms with Crippen LogP contribution in [0.4, 0.5) is 0 Å². The SMILES string of the molecule is CN(C)CCc1cc(=S)nc2nc[nH]n12. The molecule has 0 aliphatic rings. The minimum Gasteiger partial charge on any atom is -0.309 e. The second-order valence-electron chi connectivity index (χ2n) is 3.66. The number of aromatic nitrogens is 4. The molecule has 2 aromatic heterocycles. The smallest absolute Gasteiger partial charge is 0.251 e. The lowest BCUT2D eigenvalue weighted by Gasteiger charge is -2.09. The zero-order valence-electron chi connectivity index (χ0n) is 8.77. The van der Waals surface area contributed by atoms with Gasteiger partial charge >= 0.3 is 0 Å². The zero-order chi connectivity index (χ0) is 10.8. The van der Waals surface area contributed by atoms with Gasteiger partial charge in [-0.05, 0) is 20.2 Å². The van der Waals surface area contributed by atoms with Gasteiger partial charge < -0.3 is 4.90 Å². The van der Waals surface area contributed by atoms with Crippen molar-refractivity contribution in [1.29, 1.82) is 0 Å². The molecule has 2 aromatic rings. The van der Waals surface area contributed by atoms with Crippen LogP contribution in [0, 0.1) is 4.64 Å². The average Bonchev–Trinajstić information content (AvgIpc) is 2.61. The summed E-state index contributed by atoms with van der Waals surface area (Å²) in [6.07, 6.45) is 2.54. The first-order valence-corrected chi connectivity index (χ1v) is 5.14. The summed E-state index contributed by atoms with van der Waals surface area (Å²) in [5.74, 6) is 0.635. The first-order valence-electron chi connectivity index (χ1n) is 4.73. The van der Waals surface area contributed by atoms with Crippen LogP contribution in [0.3, 0.4) is 0 Å². The lowest BCUT2D eigenvalue weighted by Crippen LogP contribution is -2.16. The summed E-state index contributed by atoms with van der Waals surface area (Å²) in [4.78, 5) is 10.4. The Morgan fingerprint density at radius 3 is 3.07 bits per heavy atom. The molecule has 0 saturated heterocycles. The van der Waals surface area contributed by atoms with Crippen molar-refractivity contribution >= 4 is 18.0 Å². The third-order valence-corrected chi connectivity index (χ3v) is 2.38. The number of H-pyrrole nitrogens is 1. The predicted molar refractivity (Wildman–Crippen MR) is 60.4 cm³/mol. The first-order chi connectivity index (χ1) is 7.16. The van der Waals surface area contributed by atoms with Crippen molar-refractivity contribution in [2.75, 3.05) is 20.6 Å². The zero-order valence-corrected chi connectivity index (χ0v) is 9.58. The van der Waals surface area contributed by atoms with E-state index in [0.717, 1.165) is 18.7 Å². The number of rotatable bonds is 3. The molecule has 80 valence electrons. The van der Waals surface area contributed by atoms with Gasteiger partial charge in [-0.15, -0.1) is 0 Å². The van der Waals surface area contributed by atoms with Crippen LogP contribution in [0.25, 0.3) is 5.78 Å². The van der Waals surface area contributed by atoms with Gasteiger partial charge in [-0.25, -0.2) is 9.50 Å². The Labute approximate surface area is 92.8 Å². The Morgan fingerprint density at radius 1 is 1.53 bits per heavy atom. The van der Waals surface area contributed by atoms with Gasteiger partial charge in [0.05, 0.1) is 0 Å². The van der Waals surface area contributed by atoms with Crippen LogP contribution in [0.5, 0.6) is 0 Å². The van der Waals surface area contributed by atoms with Crippen LogP contribution in [-0.2, 0) is 6.42 Å². The van der Waals surface area contributed by atoms with Crippen LogP contribution in [-0.4, -0.2) is 45.1 Å². The van der Waals surface area contributed by atoms with E-state index in [1.165, 1.54) is 0 Å². The van der Waals surface area contributed by atoms with E-state index in [-0.39, 0.29) is 0 Å². The summed E-state index contributed by atoms with van der Waals surface area (Å²) in [6.45, 7) is 0.972. The van der Waals surface area contributed by atoms with Crippen LogP contribution >= 0.6 is 12.2 Å². The van der Waals surface area contributed by atoms with Gasteiger partial charge in [0, 0.05) is 18.7 Å². The van der Waals surface area contributed by atoms with Gasteiger partial charge in [0.15, 0.2) is 0 Å². The van der Waals surface area contributed by atoms with Crippen molar-refractivity contribution in [3.63, 3.8) is 0 Å². The summed E-state index contributed by atoms with van der Waals surface area (Å²) < 4.78 is 2.45. The molecule has 0 atom stereocenters. The van der Waals surface area contributed by atoms with E-state index in [2.05, 4.69) is 20.0 Å². The molecule has 0 amide bonds. The topological polar surface area (TPSA) is 49.2 Å². The van der Waals surface area contributed by atoms with Gasteiger partial charge in [0.25, 0.3) is 5.78 Å². The van der Waals surface area contributed by atoms with E-state index in [1.54, 1.807) is 6.33 Å². The summed E-state index contributed by atoms with van der Waals surface area (Å²) in [5, 5.41) is 3.02. The highest BCUT2D eigenvalue weighted by atomic mass is 32.1. The van der Waals surface area contributed by atoms with Gasteiger partial charge in [0.1, 0.15) is 11.0 Å². The Hall–Kier alpha value is -1.27. The monoisotopic (exact) mass is 223 g/mol. The van der Waals surface area contributed by atoms with E-state index in [4.69, 9.17) is 12.2 Å². The maximum absolute atomic E-state index is 5.08. The summed E-state index contributed by atoms with van der Waals surface area (Å²) in [6, 6.07) is 1.91. The Bertz CT molecular complexity index is 512. The standard InChI is InChI=1S/C9H13N5S/c1-13(2)4-3-7-5-8(15)12-9-10-6-11-14(7)9/h5-6H,3-4H2,1-2H3,(H,10,11,12,15). The van der Waals surface area contributed by atoms with Crippen molar-refractivity contribution in [3.05, 3.63) is 22.7 Å². The lowest BCUT2D eigenvalue weighted by atomic mass is 10.3. The molecule has 2 rings (SSSR count). The van der Waals surface area contributed by atoms with Crippen molar-refractivity contribution in [2.24, 2.45) is 0 Å². The highest BCUT2D eigenvalue weighted by Gasteiger charge is 2.03. The normalized spacial score (nSPS) is 11.4. The van der Waals surface area contributed by atoms with Crippen LogP contribution in [0.15, 0.2) is 12.4 Å². The van der Waals surface area contributed by atoms with Crippen molar-refractivity contribution < 1.29 is 0 Å². The molecule has 15 heavy (non-hydrogen) atoms. The van der Waals surface area contributed by atoms with Crippen LogP contribution in [0.1, 0.15) is 5.69 Å². The first kappa shape index (κ1) is 10.3. The molecule has 5 nitrogen and oxygen atoms in total. The predicted octanol–water partition coefficient (Wildman–Crippen LogP) is 0.891. The van der Waals surface area contributed by atoms with Gasteiger partial charge in [-0.1, -0.05) is 12.2 Å². The van der Waals surface area contributed by atoms with E-state index < -0.39 is 0 Å². The molecule has 0 aliphatic carbocycles. The number of hydrogen-bond acceptors (Lipinski definition) is 4.